The first-order valence-corrected chi connectivity index (χ1v) is 9.13. The molecule has 0 fully saturated rings. The van der Waals surface area contributed by atoms with Gasteiger partial charge in [0.05, 0.1) is 11.4 Å². The fourth-order valence-electron chi connectivity index (χ4n) is 3.21. The molecule has 1 aromatic heterocycles. The Bertz CT molecular complexity index is 1380. The van der Waals surface area contributed by atoms with Crippen molar-refractivity contribution in [1.29, 1.82) is 0 Å². The van der Waals surface area contributed by atoms with Gasteiger partial charge in [-0.2, -0.15) is 0 Å². The molecule has 29 heavy (non-hydrogen) atoms. The lowest BCUT2D eigenvalue weighted by Crippen LogP contribution is -2.31. The van der Waals surface area contributed by atoms with Crippen molar-refractivity contribution >= 4 is 22.7 Å². The highest BCUT2D eigenvalue weighted by Gasteiger charge is 2.14. The van der Waals surface area contributed by atoms with Crippen LogP contribution in [0.4, 0.5) is 5.69 Å². The van der Waals surface area contributed by atoms with Gasteiger partial charge >= 0.3 is 5.69 Å². The molecule has 6 heteroatoms. The molecule has 0 radical (unpaired) electrons. The molecule has 0 saturated heterocycles. The molecule has 0 aliphatic carbocycles. The minimum Gasteiger partial charge on any atom is -0.493 e. The van der Waals surface area contributed by atoms with Crippen molar-refractivity contribution in [2.45, 2.75) is 13.8 Å². The molecule has 1 heterocycles. The van der Waals surface area contributed by atoms with Crippen LogP contribution < -0.4 is 11.2 Å². The average molecular weight is 385 g/mol. The normalized spacial score (nSPS) is 11.4. The Morgan fingerprint density at radius 3 is 2.52 bits per heavy atom. The van der Waals surface area contributed by atoms with Crippen molar-refractivity contribution in [1.82, 2.24) is 9.55 Å². The number of rotatable bonds is 3. The summed E-state index contributed by atoms with van der Waals surface area (Å²) in [6.07, 6.45) is 1.28. The second-order valence-corrected chi connectivity index (χ2v) is 6.86. The number of aliphatic imine (C=N–C) groups is 1. The number of aromatic nitrogens is 2. The van der Waals surface area contributed by atoms with Crippen LogP contribution in [-0.2, 0) is 0 Å². The predicted molar refractivity (Wildman–Crippen MR) is 115 cm³/mol. The molecule has 0 saturated carbocycles. The number of fused-ring (bicyclic) bond motifs is 1. The van der Waals surface area contributed by atoms with Gasteiger partial charge in [0, 0.05) is 11.6 Å². The molecule has 0 bridgehead atoms. The molecule has 0 aliphatic rings. The molecular weight excluding hydrogens is 366 g/mol. The quantitative estimate of drug-likeness (QED) is 0.527. The van der Waals surface area contributed by atoms with Crippen molar-refractivity contribution < 1.29 is 5.11 Å². The Morgan fingerprint density at radius 1 is 0.966 bits per heavy atom. The summed E-state index contributed by atoms with van der Waals surface area (Å²) >= 11 is 0. The van der Waals surface area contributed by atoms with E-state index in [0.29, 0.717) is 11.4 Å². The lowest BCUT2D eigenvalue weighted by molar-refractivity contribution is 0.430. The van der Waals surface area contributed by atoms with Gasteiger partial charge in [-0.1, -0.05) is 42.5 Å². The van der Waals surface area contributed by atoms with Gasteiger partial charge in [-0.3, -0.25) is 14.8 Å². The summed E-state index contributed by atoms with van der Waals surface area (Å²) in [6, 6.07) is 18.8. The van der Waals surface area contributed by atoms with E-state index in [1.54, 1.807) is 12.1 Å². The lowest BCUT2D eigenvalue weighted by atomic mass is 10.1. The number of hydrogen-bond donors (Lipinski definition) is 2. The minimum atomic E-state index is -0.710. The average Bonchev–Trinajstić information content (AvgIpc) is 2.70. The zero-order valence-corrected chi connectivity index (χ0v) is 16.0. The van der Waals surface area contributed by atoms with Crippen LogP contribution in [0.2, 0.25) is 0 Å². The molecular formula is C23H19N3O3. The van der Waals surface area contributed by atoms with E-state index in [1.165, 1.54) is 6.21 Å². The number of benzene rings is 3. The number of aryl methyl sites for hydroxylation is 2. The number of nitrogens with zero attached hydrogens (tertiary/aromatic N) is 2. The van der Waals surface area contributed by atoms with E-state index in [4.69, 9.17) is 0 Å². The first kappa shape index (κ1) is 18.4. The zero-order valence-electron chi connectivity index (χ0n) is 16.0. The molecule has 3 aromatic carbocycles. The first-order chi connectivity index (χ1) is 14.0. The Labute approximate surface area is 166 Å². The number of aromatic hydroxyl groups is 1. The smallest absolute Gasteiger partial charge is 0.335 e. The number of nitrogens with one attached hydrogen (secondary N) is 1. The number of hydrogen-bond acceptors (Lipinski definition) is 4. The van der Waals surface area contributed by atoms with Gasteiger partial charge in [-0.15, -0.1) is 0 Å². The fraction of sp³-hybridized carbons (Fsp3) is 0.0870. The second-order valence-electron chi connectivity index (χ2n) is 6.86. The van der Waals surface area contributed by atoms with Gasteiger partial charge in [0.25, 0.3) is 5.56 Å². The van der Waals surface area contributed by atoms with E-state index < -0.39 is 17.1 Å². The van der Waals surface area contributed by atoms with Gasteiger partial charge < -0.3 is 5.11 Å². The Morgan fingerprint density at radius 2 is 1.72 bits per heavy atom. The summed E-state index contributed by atoms with van der Waals surface area (Å²) in [5.41, 5.74) is 1.65. The van der Waals surface area contributed by atoms with Gasteiger partial charge in [-0.05, 0) is 48.6 Å². The lowest BCUT2D eigenvalue weighted by Gasteiger charge is -2.11. The highest BCUT2D eigenvalue weighted by Crippen LogP contribution is 2.26. The summed E-state index contributed by atoms with van der Waals surface area (Å²) in [5.74, 6) is -0.453. The zero-order chi connectivity index (χ0) is 20.5. The van der Waals surface area contributed by atoms with Crippen LogP contribution in [0, 0.1) is 13.8 Å². The third kappa shape index (κ3) is 3.36. The van der Waals surface area contributed by atoms with E-state index in [-0.39, 0.29) is 5.56 Å². The summed E-state index contributed by atoms with van der Waals surface area (Å²) < 4.78 is 1.07. The number of H-pyrrole nitrogens is 1. The highest BCUT2D eigenvalue weighted by atomic mass is 16.3. The Kier molecular flexibility index (Phi) is 4.60. The highest BCUT2D eigenvalue weighted by molar-refractivity contribution is 5.95. The molecule has 4 rings (SSSR count). The van der Waals surface area contributed by atoms with E-state index in [9.17, 15) is 14.7 Å². The van der Waals surface area contributed by atoms with E-state index in [1.807, 2.05) is 62.4 Å². The van der Waals surface area contributed by atoms with Gasteiger partial charge in [0.2, 0.25) is 5.88 Å². The van der Waals surface area contributed by atoms with Crippen LogP contribution in [-0.4, -0.2) is 20.9 Å². The van der Waals surface area contributed by atoms with Crippen molar-refractivity contribution in [3.05, 3.63) is 98.2 Å². The van der Waals surface area contributed by atoms with Crippen molar-refractivity contribution in [2.75, 3.05) is 0 Å². The van der Waals surface area contributed by atoms with Crippen LogP contribution in [0.25, 0.3) is 16.5 Å². The van der Waals surface area contributed by atoms with Gasteiger partial charge in [0.1, 0.15) is 5.56 Å². The standard InChI is InChI=1S/C23H19N3O3/c1-14-10-11-17(12-15(14)2)26-22(28)19(21(27)25-23(26)29)13-24-20-9-5-7-16-6-3-4-8-18(16)20/h3-13,28H,1-2H3,(H,25,27,29). The summed E-state index contributed by atoms with van der Waals surface area (Å²) in [7, 11) is 0. The monoisotopic (exact) mass is 385 g/mol. The molecule has 4 aromatic rings. The minimum absolute atomic E-state index is 0.0873. The van der Waals surface area contributed by atoms with Crippen molar-refractivity contribution in [2.24, 2.45) is 4.99 Å². The summed E-state index contributed by atoms with van der Waals surface area (Å²) in [5, 5.41) is 12.6. The molecule has 0 amide bonds. The molecule has 0 unspecified atom stereocenters. The van der Waals surface area contributed by atoms with Gasteiger partial charge in [-0.25, -0.2) is 9.36 Å². The Hall–Kier alpha value is -3.93. The maximum absolute atomic E-state index is 12.4. The first-order valence-electron chi connectivity index (χ1n) is 9.13. The Balaban J connectivity index is 1.86. The second kappa shape index (κ2) is 7.24. The fourth-order valence-corrected chi connectivity index (χ4v) is 3.21. The molecule has 0 atom stereocenters. The molecule has 0 aliphatic heterocycles. The van der Waals surface area contributed by atoms with E-state index in [2.05, 4.69) is 9.98 Å². The van der Waals surface area contributed by atoms with E-state index >= 15 is 0 Å². The van der Waals surface area contributed by atoms with Crippen LogP contribution in [0.1, 0.15) is 16.7 Å². The third-order valence-electron chi connectivity index (χ3n) is 4.97. The topological polar surface area (TPSA) is 87.4 Å². The molecule has 6 nitrogen and oxygen atoms in total. The maximum atomic E-state index is 12.4. The summed E-state index contributed by atoms with van der Waals surface area (Å²) in [4.78, 5) is 31.3. The van der Waals surface area contributed by atoms with Crippen molar-refractivity contribution in [3.8, 4) is 11.6 Å². The SMILES string of the molecule is Cc1ccc(-n2c(O)c(C=Nc3cccc4ccccc34)c(=O)[nH]c2=O)cc1C. The predicted octanol–water partition coefficient (Wildman–Crippen LogP) is 3.75. The largest absolute Gasteiger partial charge is 0.493 e. The molecule has 144 valence electrons. The maximum Gasteiger partial charge on any atom is 0.335 e. The van der Waals surface area contributed by atoms with Crippen LogP contribution >= 0.6 is 0 Å². The van der Waals surface area contributed by atoms with Crippen LogP contribution in [0.15, 0.2) is 75.2 Å². The van der Waals surface area contributed by atoms with Crippen molar-refractivity contribution in [3.63, 3.8) is 0 Å². The summed E-state index contributed by atoms with van der Waals surface area (Å²) in [6.45, 7) is 3.87. The van der Waals surface area contributed by atoms with E-state index in [0.717, 1.165) is 26.5 Å². The molecule has 2 N–H and O–H groups in total. The van der Waals surface area contributed by atoms with Crippen LogP contribution in [0.3, 0.4) is 0 Å². The molecule has 0 spiro atoms. The third-order valence-corrected chi connectivity index (χ3v) is 4.97. The van der Waals surface area contributed by atoms with Gasteiger partial charge in [0.15, 0.2) is 0 Å². The van der Waals surface area contributed by atoms with Crippen LogP contribution in [0.5, 0.6) is 5.88 Å². The number of aromatic amines is 1.